The molecule has 0 unspecified atom stereocenters. The number of nitro benzene ring substituents is 1. The van der Waals surface area contributed by atoms with E-state index in [0.717, 1.165) is 10.0 Å². The van der Waals surface area contributed by atoms with Gasteiger partial charge < -0.3 is 5.32 Å². The summed E-state index contributed by atoms with van der Waals surface area (Å²) in [7, 11) is 0. The molecular weight excluding hydrogens is 422 g/mol. The molecule has 132 valence electrons. The minimum absolute atomic E-state index is 0.0291. The van der Waals surface area contributed by atoms with E-state index in [1.165, 1.54) is 36.0 Å². The van der Waals surface area contributed by atoms with Crippen LogP contribution in [0.5, 0.6) is 0 Å². The number of non-ortho nitro benzene ring substituents is 1. The lowest BCUT2D eigenvalue weighted by Gasteiger charge is -2.03. The molecule has 0 bridgehead atoms. The van der Waals surface area contributed by atoms with Gasteiger partial charge in [-0.15, -0.1) is 5.10 Å². The SMILES string of the molecule is O=C(CSc1n[nH]c(-c2ccc(Br)cc2)n1)Nc1ccc([N+](=O)[O-])cc1. The minimum atomic E-state index is -0.492. The second-order valence-corrected chi connectivity index (χ2v) is 6.97. The van der Waals surface area contributed by atoms with Gasteiger partial charge in [0.15, 0.2) is 5.82 Å². The van der Waals surface area contributed by atoms with Crippen molar-refractivity contribution in [3.63, 3.8) is 0 Å². The van der Waals surface area contributed by atoms with Crippen LogP contribution in [0, 0.1) is 10.1 Å². The van der Waals surface area contributed by atoms with Gasteiger partial charge in [-0.3, -0.25) is 20.0 Å². The van der Waals surface area contributed by atoms with Gasteiger partial charge in [0, 0.05) is 27.9 Å². The number of nitrogens with zero attached hydrogens (tertiary/aromatic N) is 3. The van der Waals surface area contributed by atoms with Crippen LogP contribution in [0.1, 0.15) is 0 Å². The molecule has 10 heteroatoms. The number of H-pyrrole nitrogens is 1. The summed E-state index contributed by atoms with van der Waals surface area (Å²) in [5.41, 5.74) is 1.35. The highest BCUT2D eigenvalue weighted by molar-refractivity contribution is 9.10. The van der Waals surface area contributed by atoms with Crippen LogP contribution in [0.4, 0.5) is 11.4 Å². The number of thioether (sulfide) groups is 1. The summed E-state index contributed by atoms with van der Waals surface area (Å²) in [4.78, 5) is 26.4. The highest BCUT2D eigenvalue weighted by atomic mass is 79.9. The van der Waals surface area contributed by atoms with Crippen LogP contribution in [0.25, 0.3) is 11.4 Å². The minimum Gasteiger partial charge on any atom is -0.325 e. The van der Waals surface area contributed by atoms with Crippen LogP contribution in [0.15, 0.2) is 58.2 Å². The van der Waals surface area contributed by atoms with Gasteiger partial charge in [-0.1, -0.05) is 39.8 Å². The van der Waals surface area contributed by atoms with Crippen LogP contribution in [0.3, 0.4) is 0 Å². The molecule has 1 amide bonds. The number of nitrogens with one attached hydrogen (secondary N) is 2. The lowest BCUT2D eigenvalue weighted by molar-refractivity contribution is -0.384. The Labute approximate surface area is 160 Å². The van der Waals surface area contributed by atoms with Crippen molar-refractivity contribution in [3.8, 4) is 11.4 Å². The van der Waals surface area contributed by atoms with Crippen molar-refractivity contribution in [3.05, 3.63) is 63.1 Å². The largest absolute Gasteiger partial charge is 0.325 e. The molecule has 0 radical (unpaired) electrons. The van der Waals surface area contributed by atoms with Crippen molar-refractivity contribution in [2.24, 2.45) is 0 Å². The number of halogens is 1. The number of hydrogen-bond acceptors (Lipinski definition) is 6. The highest BCUT2D eigenvalue weighted by Crippen LogP contribution is 2.21. The van der Waals surface area contributed by atoms with Crippen LogP contribution in [-0.4, -0.2) is 31.8 Å². The highest BCUT2D eigenvalue weighted by Gasteiger charge is 2.10. The van der Waals surface area contributed by atoms with Crippen molar-refractivity contribution < 1.29 is 9.72 Å². The van der Waals surface area contributed by atoms with E-state index in [-0.39, 0.29) is 17.3 Å². The summed E-state index contributed by atoms with van der Waals surface area (Å²) in [6.07, 6.45) is 0. The Kier molecular flexibility index (Phi) is 5.64. The Morgan fingerprint density at radius 3 is 2.54 bits per heavy atom. The van der Waals surface area contributed by atoms with E-state index in [2.05, 4.69) is 36.4 Å². The lowest BCUT2D eigenvalue weighted by atomic mass is 10.2. The molecule has 0 saturated carbocycles. The van der Waals surface area contributed by atoms with Crippen molar-refractivity contribution in [1.29, 1.82) is 0 Å². The molecule has 8 nitrogen and oxygen atoms in total. The molecule has 1 heterocycles. The first-order valence-electron chi connectivity index (χ1n) is 7.37. The Morgan fingerprint density at radius 2 is 1.88 bits per heavy atom. The molecule has 0 aliphatic rings. The van der Waals surface area contributed by atoms with Crippen LogP contribution in [0.2, 0.25) is 0 Å². The Balaban J connectivity index is 1.54. The number of aromatic amines is 1. The van der Waals surface area contributed by atoms with Crippen molar-refractivity contribution in [2.45, 2.75) is 5.16 Å². The molecule has 0 spiro atoms. The van der Waals surface area contributed by atoms with Crippen LogP contribution < -0.4 is 5.32 Å². The topological polar surface area (TPSA) is 114 Å². The predicted octanol–water partition coefficient (Wildman–Crippen LogP) is 3.87. The number of amides is 1. The lowest BCUT2D eigenvalue weighted by Crippen LogP contribution is -2.14. The zero-order chi connectivity index (χ0) is 18.5. The quantitative estimate of drug-likeness (QED) is 0.346. The Morgan fingerprint density at radius 1 is 1.19 bits per heavy atom. The summed E-state index contributed by atoms with van der Waals surface area (Å²) in [6.45, 7) is 0. The average Bonchev–Trinajstić information content (AvgIpc) is 3.10. The smallest absolute Gasteiger partial charge is 0.269 e. The molecule has 3 rings (SSSR count). The zero-order valence-corrected chi connectivity index (χ0v) is 15.6. The summed E-state index contributed by atoms with van der Waals surface area (Å²) in [5, 5.41) is 20.7. The molecule has 26 heavy (non-hydrogen) atoms. The van der Waals surface area contributed by atoms with Crippen molar-refractivity contribution in [2.75, 3.05) is 11.1 Å². The van der Waals surface area contributed by atoms with E-state index in [4.69, 9.17) is 0 Å². The summed E-state index contributed by atoms with van der Waals surface area (Å²) in [6, 6.07) is 13.3. The van der Waals surface area contributed by atoms with Crippen LogP contribution >= 0.6 is 27.7 Å². The number of nitro groups is 1. The van der Waals surface area contributed by atoms with E-state index < -0.39 is 4.92 Å². The average molecular weight is 434 g/mol. The van der Waals surface area contributed by atoms with Crippen molar-refractivity contribution >= 4 is 45.0 Å². The Hall–Kier alpha value is -2.72. The molecule has 2 aromatic carbocycles. The van der Waals surface area contributed by atoms with Crippen molar-refractivity contribution in [1.82, 2.24) is 15.2 Å². The molecule has 3 aromatic rings. The normalized spacial score (nSPS) is 10.5. The molecule has 2 N–H and O–H groups in total. The molecule has 1 aromatic heterocycles. The maximum absolute atomic E-state index is 12.0. The summed E-state index contributed by atoms with van der Waals surface area (Å²) < 4.78 is 0.971. The van der Waals surface area contributed by atoms with E-state index >= 15 is 0 Å². The number of anilines is 1. The first-order chi connectivity index (χ1) is 12.5. The van der Waals surface area contributed by atoms with Crippen LogP contribution in [-0.2, 0) is 4.79 Å². The van der Waals surface area contributed by atoms with Gasteiger partial charge in [0.05, 0.1) is 10.7 Å². The molecule has 0 atom stereocenters. The molecule has 0 fully saturated rings. The molecule has 0 aliphatic heterocycles. The number of rotatable bonds is 6. The van der Waals surface area contributed by atoms with Gasteiger partial charge in [-0.25, -0.2) is 4.98 Å². The van der Waals surface area contributed by atoms with E-state index in [1.807, 2.05) is 24.3 Å². The summed E-state index contributed by atoms with van der Waals surface area (Å²) >= 11 is 4.57. The number of benzene rings is 2. The van der Waals surface area contributed by atoms with Gasteiger partial charge in [-0.2, -0.15) is 0 Å². The van der Waals surface area contributed by atoms with Gasteiger partial charge in [-0.05, 0) is 24.3 Å². The standard InChI is InChI=1S/C16H12BrN5O3S/c17-11-3-1-10(2-4-11)15-19-16(21-20-15)26-9-14(23)18-12-5-7-13(8-6-12)22(24)25/h1-8H,9H2,(H,18,23)(H,19,20,21). The summed E-state index contributed by atoms with van der Waals surface area (Å²) in [5.74, 6) is 0.490. The first-order valence-corrected chi connectivity index (χ1v) is 9.14. The predicted molar refractivity (Wildman–Crippen MR) is 102 cm³/mol. The van der Waals surface area contributed by atoms with Gasteiger partial charge in [0.2, 0.25) is 11.1 Å². The fourth-order valence-corrected chi connectivity index (χ4v) is 2.90. The third-order valence-electron chi connectivity index (χ3n) is 3.28. The first kappa shape index (κ1) is 18.1. The fraction of sp³-hybridized carbons (Fsp3) is 0.0625. The van der Waals surface area contributed by atoms with Gasteiger partial charge in [0.1, 0.15) is 0 Å². The van der Waals surface area contributed by atoms with Gasteiger partial charge >= 0.3 is 0 Å². The number of hydrogen-bond donors (Lipinski definition) is 2. The van der Waals surface area contributed by atoms with E-state index in [1.54, 1.807) is 0 Å². The second-order valence-electron chi connectivity index (χ2n) is 5.11. The monoisotopic (exact) mass is 433 g/mol. The Bertz CT molecular complexity index is 928. The van der Waals surface area contributed by atoms with E-state index in [9.17, 15) is 14.9 Å². The third-order valence-corrected chi connectivity index (χ3v) is 4.65. The number of carbonyl (C=O) groups excluding carboxylic acids is 1. The number of aromatic nitrogens is 3. The molecule has 0 aliphatic carbocycles. The number of carbonyl (C=O) groups is 1. The van der Waals surface area contributed by atoms with E-state index in [0.29, 0.717) is 16.7 Å². The maximum atomic E-state index is 12.0. The second kappa shape index (κ2) is 8.11. The fourth-order valence-electron chi connectivity index (χ4n) is 2.04. The van der Waals surface area contributed by atoms with Gasteiger partial charge in [0.25, 0.3) is 5.69 Å². The third kappa shape index (κ3) is 4.67. The molecule has 0 saturated heterocycles. The zero-order valence-electron chi connectivity index (χ0n) is 13.2. The maximum Gasteiger partial charge on any atom is 0.269 e. The molecular formula is C16H12BrN5O3S.